The van der Waals surface area contributed by atoms with Gasteiger partial charge in [-0.25, -0.2) is 4.39 Å². The van der Waals surface area contributed by atoms with E-state index in [1.54, 1.807) is 18.2 Å². The molecule has 0 amide bonds. The van der Waals surface area contributed by atoms with Crippen LogP contribution in [0.15, 0.2) is 47.6 Å². The molecule has 0 radical (unpaired) electrons. The highest BCUT2D eigenvalue weighted by Crippen LogP contribution is 2.14. The Kier molecular flexibility index (Phi) is 3.72. The molecule has 1 N–H and O–H groups in total. The van der Waals surface area contributed by atoms with Gasteiger partial charge in [-0.1, -0.05) is 24.3 Å². The number of nitrogens with zero attached hydrogens (tertiary/aromatic N) is 1. The summed E-state index contributed by atoms with van der Waals surface area (Å²) in [5.41, 5.74) is 6.68. The van der Waals surface area contributed by atoms with E-state index in [2.05, 4.69) is 17.5 Å². The van der Waals surface area contributed by atoms with Crippen LogP contribution in [0.1, 0.15) is 16.7 Å². The Bertz CT molecular complexity index is 576. The number of rotatable bonds is 3. The fourth-order valence-electron chi connectivity index (χ4n) is 1.57. The van der Waals surface area contributed by atoms with E-state index >= 15 is 0 Å². The summed E-state index contributed by atoms with van der Waals surface area (Å²) in [7, 11) is 0. The molecule has 0 spiro atoms. The van der Waals surface area contributed by atoms with Crippen molar-refractivity contribution in [3.63, 3.8) is 0 Å². The lowest BCUT2D eigenvalue weighted by atomic mass is 10.1. The Hall–Kier alpha value is -2.16. The molecular weight excluding hydrogens is 227 g/mol. The van der Waals surface area contributed by atoms with E-state index in [1.807, 2.05) is 25.1 Å². The predicted molar refractivity (Wildman–Crippen MR) is 73.5 cm³/mol. The van der Waals surface area contributed by atoms with Gasteiger partial charge in [0.15, 0.2) is 0 Å². The van der Waals surface area contributed by atoms with Crippen molar-refractivity contribution in [1.29, 1.82) is 0 Å². The number of anilines is 1. The summed E-state index contributed by atoms with van der Waals surface area (Å²) in [4.78, 5) is 0. The average Bonchev–Trinajstić information content (AvgIpc) is 2.36. The number of hydrazone groups is 1. The maximum atomic E-state index is 13.3. The van der Waals surface area contributed by atoms with Crippen LogP contribution in [-0.2, 0) is 0 Å². The van der Waals surface area contributed by atoms with E-state index in [9.17, 15) is 4.39 Å². The van der Waals surface area contributed by atoms with Crippen LogP contribution in [0.5, 0.6) is 0 Å². The van der Waals surface area contributed by atoms with Crippen LogP contribution in [0.2, 0.25) is 0 Å². The Morgan fingerprint density at radius 2 is 1.83 bits per heavy atom. The van der Waals surface area contributed by atoms with Gasteiger partial charge < -0.3 is 0 Å². The third-order valence-electron chi connectivity index (χ3n) is 2.81. The smallest absolute Gasteiger partial charge is 0.132 e. The van der Waals surface area contributed by atoms with Crippen molar-refractivity contribution in [3.05, 3.63) is 65.0 Å². The lowest BCUT2D eigenvalue weighted by Gasteiger charge is -2.04. The molecule has 0 aliphatic heterocycles. The van der Waals surface area contributed by atoms with Crippen LogP contribution in [0.25, 0.3) is 0 Å². The van der Waals surface area contributed by atoms with E-state index in [0.29, 0.717) is 5.56 Å². The van der Waals surface area contributed by atoms with Crippen molar-refractivity contribution in [3.8, 4) is 0 Å². The van der Waals surface area contributed by atoms with E-state index < -0.39 is 0 Å². The average molecular weight is 242 g/mol. The SMILES string of the molecule is Cc1ccc(N/N=C/c2ccccc2F)cc1C. The molecule has 2 aromatic carbocycles. The molecule has 0 bridgehead atoms. The summed E-state index contributed by atoms with van der Waals surface area (Å²) in [6, 6.07) is 12.5. The number of nitrogens with one attached hydrogen (secondary N) is 1. The van der Waals surface area contributed by atoms with Crippen molar-refractivity contribution >= 4 is 11.9 Å². The van der Waals surface area contributed by atoms with Gasteiger partial charge in [0.25, 0.3) is 0 Å². The van der Waals surface area contributed by atoms with Gasteiger partial charge in [-0.3, -0.25) is 5.43 Å². The topological polar surface area (TPSA) is 24.4 Å². The van der Waals surface area contributed by atoms with Gasteiger partial charge in [-0.15, -0.1) is 0 Å². The second kappa shape index (κ2) is 5.45. The van der Waals surface area contributed by atoms with Gasteiger partial charge >= 0.3 is 0 Å². The van der Waals surface area contributed by atoms with Gasteiger partial charge in [0, 0.05) is 5.56 Å². The minimum Gasteiger partial charge on any atom is -0.278 e. The van der Waals surface area contributed by atoms with Crippen molar-refractivity contribution < 1.29 is 4.39 Å². The molecule has 3 heteroatoms. The van der Waals surface area contributed by atoms with Crippen LogP contribution in [-0.4, -0.2) is 6.21 Å². The number of benzene rings is 2. The fraction of sp³-hybridized carbons (Fsp3) is 0.133. The second-order valence-corrected chi connectivity index (χ2v) is 4.19. The molecule has 2 nitrogen and oxygen atoms in total. The molecule has 0 aliphatic rings. The molecule has 0 saturated heterocycles. The first-order valence-electron chi connectivity index (χ1n) is 5.77. The lowest BCUT2D eigenvalue weighted by Crippen LogP contribution is -1.93. The Morgan fingerprint density at radius 3 is 2.56 bits per heavy atom. The predicted octanol–water partition coefficient (Wildman–Crippen LogP) is 3.89. The molecule has 0 fully saturated rings. The van der Waals surface area contributed by atoms with E-state index in [-0.39, 0.29) is 5.82 Å². The monoisotopic (exact) mass is 242 g/mol. The minimum absolute atomic E-state index is 0.275. The highest BCUT2D eigenvalue weighted by Gasteiger charge is 1.96. The normalized spacial score (nSPS) is 10.8. The maximum absolute atomic E-state index is 13.3. The summed E-state index contributed by atoms with van der Waals surface area (Å²) < 4.78 is 13.3. The maximum Gasteiger partial charge on any atom is 0.132 e. The second-order valence-electron chi connectivity index (χ2n) is 4.19. The molecule has 18 heavy (non-hydrogen) atoms. The van der Waals surface area contributed by atoms with Crippen molar-refractivity contribution in [1.82, 2.24) is 0 Å². The van der Waals surface area contributed by atoms with E-state index in [0.717, 1.165) is 5.69 Å². The fourth-order valence-corrected chi connectivity index (χ4v) is 1.57. The van der Waals surface area contributed by atoms with Crippen molar-refractivity contribution in [2.45, 2.75) is 13.8 Å². The zero-order valence-corrected chi connectivity index (χ0v) is 10.4. The number of halogens is 1. The summed E-state index contributed by atoms with van der Waals surface area (Å²) in [5.74, 6) is -0.275. The number of aryl methyl sites for hydroxylation is 2. The lowest BCUT2D eigenvalue weighted by molar-refractivity contribution is 0.626. The molecular formula is C15H15FN2. The van der Waals surface area contributed by atoms with Crippen LogP contribution in [0.4, 0.5) is 10.1 Å². The summed E-state index contributed by atoms with van der Waals surface area (Å²) in [5, 5.41) is 4.03. The quantitative estimate of drug-likeness (QED) is 0.641. The minimum atomic E-state index is -0.275. The summed E-state index contributed by atoms with van der Waals surface area (Å²) in [6.45, 7) is 4.10. The van der Waals surface area contributed by atoms with Gasteiger partial charge in [-0.05, 0) is 43.2 Å². The van der Waals surface area contributed by atoms with Gasteiger partial charge in [0.1, 0.15) is 5.82 Å². The van der Waals surface area contributed by atoms with Crippen LogP contribution in [0.3, 0.4) is 0 Å². The Labute approximate surface area is 106 Å². The van der Waals surface area contributed by atoms with E-state index in [4.69, 9.17) is 0 Å². The van der Waals surface area contributed by atoms with Crippen LogP contribution < -0.4 is 5.43 Å². The Balaban J connectivity index is 2.07. The first kappa shape index (κ1) is 12.3. The van der Waals surface area contributed by atoms with Gasteiger partial charge in [-0.2, -0.15) is 5.10 Å². The molecule has 0 unspecified atom stereocenters. The van der Waals surface area contributed by atoms with E-state index in [1.165, 1.54) is 23.4 Å². The number of hydrogen-bond donors (Lipinski definition) is 1. The highest BCUT2D eigenvalue weighted by atomic mass is 19.1. The zero-order chi connectivity index (χ0) is 13.0. The van der Waals surface area contributed by atoms with Crippen LogP contribution >= 0.6 is 0 Å². The molecule has 92 valence electrons. The highest BCUT2D eigenvalue weighted by molar-refractivity contribution is 5.80. The molecule has 0 saturated carbocycles. The van der Waals surface area contributed by atoms with Crippen molar-refractivity contribution in [2.75, 3.05) is 5.43 Å². The summed E-state index contributed by atoms with van der Waals surface area (Å²) in [6.07, 6.45) is 1.48. The molecule has 0 aromatic heterocycles. The molecule has 0 heterocycles. The first-order valence-corrected chi connectivity index (χ1v) is 5.77. The first-order chi connectivity index (χ1) is 8.66. The molecule has 2 rings (SSSR count). The standard InChI is InChI=1S/C15H15FN2/c1-11-7-8-14(9-12(11)2)18-17-10-13-5-3-4-6-15(13)16/h3-10,18H,1-2H3/b17-10+. The third kappa shape index (κ3) is 2.94. The van der Waals surface area contributed by atoms with Crippen molar-refractivity contribution in [2.24, 2.45) is 5.10 Å². The zero-order valence-electron chi connectivity index (χ0n) is 10.4. The Morgan fingerprint density at radius 1 is 1.06 bits per heavy atom. The van der Waals surface area contributed by atoms with Gasteiger partial charge in [0.2, 0.25) is 0 Å². The third-order valence-corrected chi connectivity index (χ3v) is 2.81. The molecule has 2 aromatic rings. The molecule has 0 atom stereocenters. The van der Waals surface area contributed by atoms with Gasteiger partial charge in [0.05, 0.1) is 11.9 Å². The number of hydrogen-bond acceptors (Lipinski definition) is 2. The van der Waals surface area contributed by atoms with Crippen LogP contribution in [0, 0.1) is 19.7 Å². The largest absolute Gasteiger partial charge is 0.278 e. The summed E-state index contributed by atoms with van der Waals surface area (Å²) >= 11 is 0. The molecule has 0 aliphatic carbocycles.